The van der Waals surface area contributed by atoms with Gasteiger partial charge in [0.15, 0.2) is 0 Å². The molecular weight excluding hydrogens is 274 g/mol. The van der Waals surface area contributed by atoms with E-state index in [1.807, 2.05) is 0 Å². The summed E-state index contributed by atoms with van der Waals surface area (Å²) in [6.45, 7) is 5.79. The van der Waals surface area contributed by atoms with Gasteiger partial charge in [-0.15, -0.1) is 0 Å². The molecule has 3 N–H and O–H groups in total. The van der Waals surface area contributed by atoms with Gasteiger partial charge in [0.25, 0.3) is 0 Å². The van der Waals surface area contributed by atoms with Gasteiger partial charge in [0, 0.05) is 19.8 Å². The number of hydrogen-bond donors (Lipinski definition) is 3. The van der Waals surface area contributed by atoms with Gasteiger partial charge in [-0.25, -0.2) is 0 Å². The van der Waals surface area contributed by atoms with Crippen molar-refractivity contribution in [2.24, 2.45) is 0 Å². The van der Waals surface area contributed by atoms with Crippen LogP contribution in [-0.4, -0.2) is 35.1 Å². The summed E-state index contributed by atoms with van der Waals surface area (Å²) in [7, 11) is 14.9. The van der Waals surface area contributed by atoms with E-state index in [2.05, 4.69) is 0 Å². The standard InChI is InChI=1S/3C2H6O.3ClH.Ti/c3*1-2-3;;;;/h3*3H,2H2,1H3;3*1H;/q;;;;;;+3/p-3. The molecule has 0 aliphatic rings. The zero-order chi connectivity index (χ0) is 11.7. The van der Waals surface area contributed by atoms with Crippen LogP contribution in [0.25, 0.3) is 0 Å². The fourth-order valence-electron chi connectivity index (χ4n) is 0. The second-order valence-corrected chi connectivity index (χ2v) is 8.90. The molecule has 0 atom stereocenters. The molecule has 0 saturated carbocycles. The van der Waals surface area contributed by atoms with Crippen LogP contribution in [-0.2, 0) is 14.7 Å². The minimum atomic E-state index is -1.92. The van der Waals surface area contributed by atoms with E-state index in [0.717, 1.165) is 0 Å². The molecular formula is C6H18Cl3O3Ti. The quantitative estimate of drug-likeness (QED) is 0.599. The monoisotopic (exact) mass is 291 g/mol. The first-order valence-corrected chi connectivity index (χ1v) is 10.1. The van der Waals surface area contributed by atoms with Crippen molar-refractivity contribution in [1.82, 2.24) is 0 Å². The molecule has 0 bridgehead atoms. The van der Waals surface area contributed by atoms with Crippen molar-refractivity contribution in [1.29, 1.82) is 0 Å². The first kappa shape index (κ1) is 23.9. The summed E-state index contributed by atoms with van der Waals surface area (Å²) >= 11 is -1.92. The maximum atomic E-state index is 7.57. The van der Waals surface area contributed by atoms with Gasteiger partial charge in [-0.3, -0.25) is 0 Å². The Balaban J connectivity index is -0.0000000420. The number of halogens is 3. The van der Waals surface area contributed by atoms with Gasteiger partial charge in [0.05, 0.1) is 0 Å². The molecule has 0 rings (SSSR count). The zero-order valence-corrected chi connectivity index (χ0v) is 11.9. The van der Waals surface area contributed by atoms with Crippen molar-refractivity contribution < 1.29 is 30.0 Å². The van der Waals surface area contributed by atoms with E-state index in [-0.39, 0.29) is 19.8 Å². The topological polar surface area (TPSA) is 60.7 Å². The molecule has 0 aliphatic carbocycles. The van der Waals surface area contributed by atoms with Crippen LogP contribution in [0.4, 0.5) is 0 Å². The first-order chi connectivity index (χ1) is 5.97. The Morgan fingerprint density at radius 3 is 0.769 bits per heavy atom. The van der Waals surface area contributed by atoms with Crippen LogP contribution in [0, 0.1) is 0 Å². The summed E-state index contributed by atoms with van der Waals surface area (Å²) in [5.74, 6) is 0. The third-order valence-electron chi connectivity index (χ3n) is 0. The Labute approximate surface area is 98.1 Å². The van der Waals surface area contributed by atoms with E-state index < -0.39 is 14.7 Å². The third-order valence-corrected chi connectivity index (χ3v) is 0. The van der Waals surface area contributed by atoms with Crippen molar-refractivity contribution in [2.45, 2.75) is 20.8 Å². The number of hydrogen-bond acceptors (Lipinski definition) is 3. The van der Waals surface area contributed by atoms with Crippen molar-refractivity contribution in [3.8, 4) is 0 Å². The Morgan fingerprint density at radius 1 is 0.769 bits per heavy atom. The number of aliphatic hydroxyl groups is 3. The van der Waals surface area contributed by atoms with Crippen molar-refractivity contribution in [3.05, 3.63) is 0 Å². The van der Waals surface area contributed by atoms with Crippen molar-refractivity contribution in [3.63, 3.8) is 0 Å². The molecule has 85 valence electrons. The number of rotatable bonds is 0. The molecule has 0 spiro atoms. The van der Waals surface area contributed by atoms with Crippen LogP contribution in [0.2, 0.25) is 0 Å². The van der Waals surface area contributed by atoms with Gasteiger partial charge < -0.3 is 15.3 Å². The molecule has 0 amide bonds. The number of aliphatic hydroxyl groups excluding tert-OH is 3. The molecule has 3 nitrogen and oxygen atoms in total. The third kappa shape index (κ3) is 825. The fourth-order valence-corrected chi connectivity index (χ4v) is 0. The van der Waals surface area contributed by atoms with Crippen LogP contribution >= 0.6 is 27.9 Å². The Kier molecular flexibility index (Phi) is 69.2. The molecule has 0 aromatic rings. The predicted octanol–water partition coefficient (Wildman–Crippen LogP) is 2.06. The molecule has 0 heterocycles. The summed E-state index contributed by atoms with van der Waals surface area (Å²) in [5.41, 5.74) is 0. The molecule has 7 heteroatoms. The Bertz CT molecular complexity index is 44.6. The molecule has 13 heavy (non-hydrogen) atoms. The van der Waals surface area contributed by atoms with Crippen molar-refractivity contribution >= 4 is 27.9 Å². The van der Waals surface area contributed by atoms with E-state index >= 15 is 0 Å². The summed E-state index contributed by atoms with van der Waals surface area (Å²) in [6.07, 6.45) is 0. The zero-order valence-electron chi connectivity index (χ0n) is 8.10. The van der Waals surface area contributed by atoms with Crippen LogP contribution < -0.4 is 0 Å². The van der Waals surface area contributed by atoms with Crippen LogP contribution in [0.1, 0.15) is 20.8 Å². The molecule has 0 fully saturated rings. The SMILES string of the molecule is CCO.CCO.CCO.[Cl][Ti]([Cl])[Cl]. The maximum absolute atomic E-state index is 7.57. The van der Waals surface area contributed by atoms with Crippen LogP contribution in [0.15, 0.2) is 0 Å². The van der Waals surface area contributed by atoms with E-state index in [1.54, 1.807) is 20.8 Å². The van der Waals surface area contributed by atoms with Crippen LogP contribution in [0.5, 0.6) is 0 Å². The summed E-state index contributed by atoms with van der Waals surface area (Å²) in [6, 6.07) is 0. The average molecular weight is 292 g/mol. The van der Waals surface area contributed by atoms with E-state index in [0.29, 0.717) is 0 Å². The summed E-state index contributed by atoms with van der Waals surface area (Å²) < 4.78 is 0. The fraction of sp³-hybridized carbons (Fsp3) is 1.00. The minimum absolute atomic E-state index is 0.250. The predicted molar refractivity (Wildman–Crippen MR) is 55.8 cm³/mol. The van der Waals surface area contributed by atoms with Crippen LogP contribution in [0.3, 0.4) is 0 Å². The molecule has 0 unspecified atom stereocenters. The van der Waals surface area contributed by atoms with Gasteiger partial charge in [0.2, 0.25) is 0 Å². The van der Waals surface area contributed by atoms with E-state index in [9.17, 15) is 0 Å². The normalized spacial score (nSPS) is 6.23. The second kappa shape index (κ2) is 37.5. The second-order valence-electron chi connectivity index (χ2n) is 1.16. The van der Waals surface area contributed by atoms with E-state index in [4.69, 9.17) is 43.2 Å². The summed E-state index contributed by atoms with van der Waals surface area (Å²) in [4.78, 5) is 0. The van der Waals surface area contributed by atoms with Gasteiger partial charge in [0.1, 0.15) is 0 Å². The molecule has 0 aromatic heterocycles. The Hall–Kier alpha value is 1.46. The molecule has 0 saturated heterocycles. The van der Waals surface area contributed by atoms with Crippen molar-refractivity contribution in [2.75, 3.05) is 19.8 Å². The Morgan fingerprint density at radius 2 is 0.769 bits per heavy atom. The summed E-state index contributed by atoms with van der Waals surface area (Å²) in [5, 5.41) is 22.7. The van der Waals surface area contributed by atoms with Gasteiger partial charge >= 0.3 is 42.6 Å². The first-order valence-electron chi connectivity index (χ1n) is 3.64. The molecule has 0 radical (unpaired) electrons. The van der Waals surface area contributed by atoms with Gasteiger partial charge in [-0.2, -0.15) is 0 Å². The van der Waals surface area contributed by atoms with Gasteiger partial charge in [-0.05, 0) is 20.8 Å². The molecule has 0 aliphatic heterocycles. The van der Waals surface area contributed by atoms with Gasteiger partial charge in [-0.1, -0.05) is 0 Å². The van der Waals surface area contributed by atoms with E-state index in [1.165, 1.54) is 0 Å². The molecule has 0 aromatic carbocycles. The average Bonchev–Trinajstić information content (AvgIpc) is 1.88.